The molecule has 0 saturated carbocycles. The number of aliphatic hydroxyl groups excluding tert-OH is 2. The molecule has 4 atom stereocenters. The van der Waals surface area contributed by atoms with Crippen LogP contribution < -0.4 is 15.8 Å². The highest BCUT2D eigenvalue weighted by Gasteiger charge is 2.63. The summed E-state index contributed by atoms with van der Waals surface area (Å²) < 4.78 is 5.13. The van der Waals surface area contributed by atoms with Crippen molar-refractivity contribution in [3.05, 3.63) is 70.2 Å². The normalized spacial score (nSPS) is 25.4. The van der Waals surface area contributed by atoms with E-state index in [1.54, 1.807) is 44.4 Å². The Hall–Kier alpha value is -4.68. The molecule has 2 aromatic rings. The summed E-state index contributed by atoms with van der Waals surface area (Å²) >= 11 is 0. The topological polar surface area (TPSA) is 200 Å². The number of Topliss-reactive ketones (excluding diaryl/α,β-unsaturated/α-hetero) is 2. The number of amides is 2. The van der Waals surface area contributed by atoms with Gasteiger partial charge in [-0.1, -0.05) is 18.2 Å². The van der Waals surface area contributed by atoms with Gasteiger partial charge in [0.1, 0.15) is 28.6 Å². The molecule has 3 aliphatic rings. The van der Waals surface area contributed by atoms with E-state index in [-0.39, 0.29) is 29.7 Å². The Kier molecular flexibility index (Phi) is 6.63. The van der Waals surface area contributed by atoms with E-state index in [4.69, 9.17) is 10.5 Å². The number of likely N-dealkylation sites (N-methyl/N-ethyl adjacent to an activating group) is 1. The Bertz CT molecular complexity index is 1570. The van der Waals surface area contributed by atoms with Crippen molar-refractivity contribution in [3.63, 3.8) is 0 Å². The highest BCUT2D eigenvalue weighted by Crippen LogP contribution is 2.53. The molecular formula is C29H29N3O9. The monoisotopic (exact) mass is 563 g/mol. The molecule has 41 heavy (non-hydrogen) atoms. The molecule has 5 rings (SSSR count). The van der Waals surface area contributed by atoms with Crippen molar-refractivity contribution in [2.24, 2.45) is 17.6 Å². The number of hydrogen-bond donors (Lipinski definition) is 6. The fourth-order valence-corrected chi connectivity index (χ4v) is 6.38. The number of ether oxygens (including phenoxy) is 1. The summed E-state index contributed by atoms with van der Waals surface area (Å²) in [6, 6.07) is 8.43. The van der Waals surface area contributed by atoms with Crippen molar-refractivity contribution in [1.29, 1.82) is 0 Å². The number of rotatable bonds is 4. The standard InChI is InChI=1S/C29H29N3O9/c1-31-28(39)41-14-6-4-12(5-7-14)15-8-9-18(33)20-16(15)10-13-11-17-22(32(2)3)24(35)21(27(30)38)26(37)29(17,40)25(36)19(13)23(20)34/h4-9,13,17,22,33,35-36,40H,10-11H2,1-3H3,(H2,30,38)(H,31,39). The number of ketones is 2. The molecule has 0 fully saturated rings. The maximum atomic E-state index is 13.9. The second-order valence-electron chi connectivity index (χ2n) is 10.6. The molecule has 2 amide bonds. The average Bonchev–Trinajstić information content (AvgIpc) is 2.91. The molecule has 3 aliphatic carbocycles. The first-order chi connectivity index (χ1) is 19.3. The Morgan fingerprint density at radius 1 is 1.07 bits per heavy atom. The summed E-state index contributed by atoms with van der Waals surface area (Å²) in [5.74, 6) is -6.75. The number of benzene rings is 2. The molecule has 0 bridgehead atoms. The summed E-state index contributed by atoms with van der Waals surface area (Å²) in [4.78, 5) is 52.4. The summed E-state index contributed by atoms with van der Waals surface area (Å²) in [6.45, 7) is 0. The summed E-state index contributed by atoms with van der Waals surface area (Å²) in [5, 5.41) is 47.1. The van der Waals surface area contributed by atoms with Gasteiger partial charge in [-0.3, -0.25) is 19.3 Å². The number of fused-ring (bicyclic) bond motifs is 3. The molecule has 12 nitrogen and oxygen atoms in total. The van der Waals surface area contributed by atoms with Crippen LogP contribution in [-0.4, -0.2) is 81.7 Å². The van der Waals surface area contributed by atoms with Crippen molar-refractivity contribution < 1.29 is 44.3 Å². The van der Waals surface area contributed by atoms with E-state index in [1.165, 1.54) is 18.0 Å². The van der Waals surface area contributed by atoms with Crippen molar-refractivity contribution in [2.75, 3.05) is 21.1 Å². The predicted octanol–water partition coefficient (Wildman–Crippen LogP) is 1.51. The number of phenols is 1. The van der Waals surface area contributed by atoms with Crippen LogP contribution in [0, 0.1) is 11.8 Å². The number of phenolic OH excluding ortho intramolecular Hbond substituents is 1. The number of carbonyl (C=O) groups is 4. The van der Waals surface area contributed by atoms with Gasteiger partial charge in [0, 0.05) is 18.5 Å². The molecule has 0 aromatic heterocycles. The zero-order valence-electron chi connectivity index (χ0n) is 22.5. The van der Waals surface area contributed by atoms with E-state index in [2.05, 4.69) is 5.32 Å². The predicted molar refractivity (Wildman–Crippen MR) is 144 cm³/mol. The summed E-state index contributed by atoms with van der Waals surface area (Å²) in [6.07, 6.45) is -0.503. The lowest BCUT2D eigenvalue weighted by molar-refractivity contribution is -0.148. The van der Waals surface area contributed by atoms with Crippen molar-refractivity contribution in [1.82, 2.24) is 10.2 Å². The minimum absolute atomic E-state index is 0.0141. The second kappa shape index (κ2) is 9.75. The second-order valence-corrected chi connectivity index (χ2v) is 10.6. The van der Waals surface area contributed by atoms with Crippen LogP contribution in [0.25, 0.3) is 11.1 Å². The van der Waals surface area contributed by atoms with Crippen LogP contribution in [0.2, 0.25) is 0 Å². The van der Waals surface area contributed by atoms with Crippen LogP contribution in [0.3, 0.4) is 0 Å². The highest BCUT2D eigenvalue weighted by atomic mass is 16.5. The fourth-order valence-electron chi connectivity index (χ4n) is 6.38. The minimum Gasteiger partial charge on any atom is -0.510 e. The quantitative estimate of drug-likeness (QED) is 0.296. The van der Waals surface area contributed by atoms with Crippen LogP contribution in [-0.2, 0) is 16.0 Å². The number of aromatic hydroxyl groups is 1. The molecule has 0 heterocycles. The number of nitrogens with zero attached hydrogens (tertiary/aromatic N) is 1. The lowest BCUT2D eigenvalue weighted by Crippen LogP contribution is -2.63. The van der Waals surface area contributed by atoms with Gasteiger partial charge in [-0.25, -0.2) is 4.79 Å². The minimum atomic E-state index is -2.70. The van der Waals surface area contributed by atoms with Gasteiger partial charge in [0.2, 0.25) is 5.78 Å². The van der Waals surface area contributed by atoms with Gasteiger partial charge in [0.15, 0.2) is 11.4 Å². The number of nitrogens with two attached hydrogens (primary N) is 1. The zero-order chi connectivity index (χ0) is 30.0. The molecular weight excluding hydrogens is 534 g/mol. The van der Waals surface area contributed by atoms with Crippen LogP contribution in [0.15, 0.2) is 59.1 Å². The van der Waals surface area contributed by atoms with Crippen LogP contribution >= 0.6 is 0 Å². The van der Waals surface area contributed by atoms with Gasteiger partial charge in [-0.15, -0.1) is 0 Å². The molecule has 0 aliphatic heterocycles. The van der Waals surface area contributed by atoms with Crippen LogP contribution in [0.5, 0.6) is 11.5 Å². The third kappa shape index (κ3) is 4.06. The molecule has 7 N–H and O–H groups in total. The Balaban J connectivity index is 1.64. The third-order valence-electron chi connectivity index (χ3n) is 8.19. The van der Waals surface area contributed by atoms with Crippen molar-refractivity contribution in [2.45, 2.75) is 24.5 Å². The molecule has 214 valence electrons. The van der Waals surface area contributed by atoms with Gasteiger partial charge < -0.3 is 36.2 Å². The summed E-state index contributed by atoms with van der Waals surface area (Å²) in [7, 11) is 4.57. The molecule has 2 aromatic carbocycles. The van der Waals surface area contributed by atoms with Crippen molar-refractivity contribution >= 4 is 23.6 Å². The molecule has 0 spiro atoms. The summed E-state index contributed by atoms with van der Waals surface area (Å²) in [5.41, 5.74) is 3.25. The maximum Gasteiger partial charge on any atom is 0.412 e. The van der Waals surface area contributed by atoms with E-state index in [1.807, 2.05) is 0 Å². The van der Waals surface area contributed by atoms with E-state index in [0.717, 1.165) is 0 Å². The number of carbonyl (C=O) groups excluding carboxylic acids is 4. The number of aliphatic hydroxyl groups is 3. The molecule has 12 heteroatoms. The lowest BCUT2D eigenvalue weighted by atomic mass is 9.58. The van der Waals surface area contributed by atoms with E-state index < -0.39 is 64.1 Å². The maximum absolute atomic E-state index is 13.9. The SMILES string of the molecule is CNC(=O)Oc1ccc(-c2ccc(O)c3c2CC2CC4C(N(C)C)C(O)=C(C(N)=O)C(=O)C4(O)C(O)=C2C3=O)cc1. The Labute approximate surface area is 234 Å². The van der Waals surface area contributed by atoms with E-state index in [9.17, 15) is 39.6 Å². The highest BCUT2D eigenvalue weighted by molar-refractivity contribution is 6.24. The van der Waals surface area contributed by atoms with Gasteiger partial charge >= 0.3 is 6.09 Å². The van der Waals surface area contributed by atoms with Crippen LogP contribution in [0.1, 0.15) is 22.3 Å². The Morgan fingerprint density at radius 2 is 1.73 bits per heavy atom. The fraction of sp³-hybridized carbons (Fsp3) is 0.310. The van der Waals surface area contributed by atoms with Gasteiger partial charge in [-0.05, 0) is 67.7 Å². The molecule has 0 radical (unpaired) electrons. The smallest absolute Gasteiger partial charge is 0.412 e. The van der Waals surface area contributed by atoms with E-state index in [0.29, 0.717) is 22.4 Å². The molecule has 0 saturated heterocycles. The van der Waals surface area contributed by atoms with Gasteiger partial charge in [0.05, 0.1) is 11.6 Å². The average molecular weight is 564 g/mol. The molecule has 4 unspecified atom stereocenters. The first-order valence-corrected chi connectivity index (χ1v) is 12.8. The largest absolute Gasteiger partial charge is 0.510 e. The number of hydrogen-bond acceptors (Lipinski definition) is 10. The number of nitrogens with one attached hydrogen (secondary N) is 1. The number of allylic oxidation sites excluding steroid dienone is 1. The lowest BCUT2D eigenvalue weighted by Gasteiger charge is -2.50. The number of primary amides is 1. The zero-order valence-corrected chi connectivity index (χ0v) is 22.5. The van der Waals surface area contributed by atoms with Crippen molar-refractivity contribution in [3.8, 4) is 22.6 Å². The Morgan fingerprint density at radius 3 is 2.32 bits per heavy atom. The first kappa shape index (κ1) is 27.9. The first-order valence-electron chi connectivity index (χ1n) is 12.8. The third-order valence-corrected chi connectivity index (χ3v) is 8.19. The van der Waals surface area contributed by atoms with Crippen LogP contribution in [0.4, 0.5) is 4.79 Å². The van der Waals surface area contributed by atoms with Gasteiger partial charge in [-0.2, -0.15) is 0 Å². The van der Waals surface area contributed by atoms with E-state index >= 15 is 0 Å². The van der Waals surface area contributed by atoms with Gasteiger partial charge in [0.25, 0.3) is 5.91 Å².